The third kappa shape index (κ3) is 8.18. The van der Waals surface area contributed by atoms with Crippen LogP contribution in [0.1, 0.15) is 63.1 Å². The van der Waals surface area contributed by atoms with E-state index in [1.165, 1.54) is 0 Å². The number of ether oxygens (including phenoxy) is 1. The molecule has 0 aromatic heterocycles. The molecule has 1 aliphatic rings. The van der Waals surface area contributed by atoms with Crippen LogP contribution < -0.4 is 10.1 Å². The fourth-order valence-electron chi connectivity index (χ4n) is 5.14. The minimum atomic E-state index is -0.661. The second kappa shape index (κ2) is 13.3. The van der Waals surface area contributed by atoms with Gasteiger partial charge in [-0.1, -0.05) is 110 Å². The maximum atomic E-state index is 13.9. The number of para-hydroxylation sites is 1. The average molecular weight is 592 g/mol. The van der Waals surface area contributed by atoms with Crippen molar-refractivity contribution in [2.45, 2.75) is 76.9 Å². The van der Waals surface area contributed by atoms with E-state index >= 15 is 0 Å². The summed E-state index contributed by atoms with van der Waals surface area (Å²) in [4.78, 5) is 29.4. The van der Waals surface area contributed by atoms with Gasteiger partial charge in [0.15, 0.2) is 6.61 Å². The third-order valence-electron chi connectivity index (χ3n) is 7.29. The fraction of sp³-hybridized carbons (Fsp3) is 0.394. The van der Waals surface area contributed by atoms with Crippen molar-refractivity contribution >= 4 is 27.7 Å². The molecule has 0 unspecified atom stereocenters. The van der Waals surface area contributed by atoms with Crippen LogP contribution >= 0.6 is 15.9 Å². The first-order valence-corrected chi connectivity index (χ1v) is 14.6. The number of nitrogens with zero attached hydrogens (tertiary/aromatic N) is 1. The molecule has 1 fully saturated rings. The van der Waals surface area contributed by atoms with Gasteiger partial charge in [-0.3, -0.25) is 9.59 Å². The van der Waals surface area contributed by atoms with Gasteiger partial charge < -0.3 is 15.0 Å². The van der Waals surface area contributed by atoms with E-state index in [1.807, 2.05) is 78.9 Å². The van der Waals surface area contributed by atoms with E-state index in [0.717, 1.165) is 46.8 Å². The van der Waals surface area contributed by atoms with Crippen LogP contribution in [0.15, 0.2) is 83.3 Å². The molecule has 0 aliphatic heterocycles. The van der Waals surface area contributed by atoms with Gasteiger partial charge in [-0.25, -0.2) is 0 Å². The molecule has 3 aromatic rings. The minimum absolute atomic E-state index is 0.105. The Balaban J connectivity index is 1.63. The van der Waals surface area contributed by atoms with Crippen molar-refractivity contribution in [1.29, 1.82) is 0 Å². The molecule has 5 nitrogen and oxygen atoms in total. The lowest BCUT2D eigenvalue weighted by Crippen LogP contribution is -2.53. The summed E-state index contributed by atoms with van der Waals surface area (Å²) < 4.78 is 7.11. The zero-order chi connectivity index (χ0) is 27.8. The fourth-order valence-corrected chi connectivity index (χ4v) is 5.41. The number of amides is 2. The molecule has 0 radical (unpaired) electrons. The van der Waals surface area contributed by atoms with Crippen LogP contribution in [0.5, 0.6) is 5.75 Å². The maximum Gasteiger partial charge on any atom is 0.261 e. The van der Waals surface area contributed by atoms with Gasteiger partial charge in [-0.2, -0.15) is 0 Å². The molecule has 0 saturated heterocycles. The highest BCUT2D eigenvalue weighted by molar-refractivity contribution is 9.10. The molecule has 0 heterocycles. The Morgan fingerprint density at radius 3 is 2.23 bits per heavy atom. The Labute approximate surface area is 241 Å². The second-order valence-corrected chi connectivity index (χ2v) is 12.3. The number of hydrogen-bond acceptors (Lipinski definition) is 3. The number of benzene rings is 3. The Kier molecular flexibility index (Phi) is 9.84. The molecule has 1 saturated carbocycles. The predicted octanol–water partition coefficient (Wildman–Crippen LogP) is 6.82. The van der Waals surface area contributed by atoms with E-state index in [-0.39, 0.29) is 29.9 Å². The molecule has 4 rings (SSSR count). The van der Waals surface area contributed by atoms with Crippen molar-refractivity contribution in [2.24, 2.45) is 0 Å². The summed E-state index contributed by atoms with van der Waals surface area (Å²) in [6.45, 7) is 6.54. The van der Waals surface area contributed by atoms with E-state index in [1.54, 1.807) is 4.90 Å². The Morgan fingerprint density at radius 2 is 1.56 bits per heavy atom. The summed E-state index contributed by atoms with van der Waals surface area (Å²) in [5.41, 5.74) is 2.87. The van der Waals surface area contributed by atoms with E-state index in [0.29, 0.717) is 18.7 Å². The van der Waals surface area contributed by atoms with Crippen LogP contribution in [0.2, 0.25) is 0 Å². The van der Waals surface area contributed by atoms with Gasteiger partial charge in [0, 0.05) is 23.5 Å². The number of hydrogen-bond donors (Lipinski definition) is 1. The van der Waals surface area contributed by atoms with Gasteiger partial charge in [0.2, 0.25) is 5.91 Å². The molecule has 1 N–H and O–H groups in total. The first kappa shape index (κ1) is 28.9. The summed E-state index contributed by atoms with van der Waals surface area (Å²) in [6.07, 6.45) is 4.64. The van der Waals surface area contributed by atoms with Crippen molar-refractivity contribution in [1.82, 2.24) is 10.2 Å². The standard InChI is InChI=1S/C33H39BrN2O3/c1-33(2,3)28-15-9-10-16-30(28)39-23-31(37)36(22-25-17-19-26(34)20-18-25)29(21-24-11-5-4-6-12-24)32(38)35-27-13-7-8-14-27/h4-6,9-12,15-20,27,29H,7-8,13-14,21-23H2,1-3H3,(H,35,38)/t29-/m1/s1. The molecule has 6 heteroatoms. The molecule has 3 aromatic carbocycles. The lowest BCUT2D eigenvalue weighted by Gasteiger charge is -2.32. The molecule has 39 heavy (non-hydrogen) atoms. The molecule has 2 amide bonds. The monoisotopic (exact) mass is 590 g/mol. The quantitative estimate of drug-likeness (QED) is 0.282. The minimum Gasteiger partial charge on any atom is -0.483 e. The van der Waals surface area contributed by atoms with Crippen molar-refractivity contribution in [3.8, 4) is 5.75 Å². The lowest BCUT2D eigenvalue weighted by molar-refractivity contribution is -0.143. The molecular weight excluding hydrogens is 552 g/mol. The highest BCUT2D eigenvalue weighted by Gasteiger charge is 2.32. The average Bonchev–Trinajstić information content (AvgIpc) is 3.43. The van der Waals surface area contributed by atoms with E-state index in [9.17, 15) is 9.59 Å². The summed E-state index contributed by atoms with van der Waals surface area (Å²) in [6, 6.07) is 25.1. The van der Waals surface area contributed by atoms with Crippen LogP contribution in [0.3, 0.4) is 0 Å². The zero-order valence-electron chi connectivity index (χ0n) is 23.2. The van der Waals surface area contributed by atoms with Gasteiger partial charge in [0.25, 0.3) is 5.91 Å². The van der Waals surface area contributed by atoms with Crippen molar-refractivity contribution in [2.75, 3.05) is 6.61 Å². The second-order valence-electron chi connectivity index (χ2n) is 11.4. The van der Waals surface area contributed by atoms with Crippen LogP contribution in [-0.2, 0) is 28.0 Å². The van der Waals surface area contributed by atoms with Crippen LogP contribution in [0, 0.1) is 0 Å². The van der Waals surface area contributed by atoms with Gasteiger partial charge in [0.05, 0.1) is 0 Å². The zero-order valence-corrected chi connectivity index (χ0v) is 24.7. The van der Waals surface area contributed by atoms with E-state index in [4.69, 9.17) is 4.74 Å². The lowest BCUT2D eigenvalue weighted by atomic mass is 9.86. The predicted molar refractivity (Wildman–Crippen MR) is 160 cm³/mol. The topological polar surface area (TPSA) is 58.6 Å². The normalized spacial score (nSPS) is 14.6. The van der Waals surface area contributed by atoms with Crippen molar-refractivity contribution in [3.63, 3.8) is 0 Å². The highest BCUT2D eigenvalue weighted by Crippen LogP contribution is 2.31. The smallest absolute Gasteiger partial charge is 0.261 e. The van der Waals surface area contributed by atoms with Crippen LogP contribution in [-0.4, -0.2) is 35.4 Å². The SMILES string of the molecule is CC(C)(C)c1ccccc1OCC(=O)N(Cc1ccc(Br)cc1)[C@H](Cc1ccccc1)C(=O)NC1CCCC1. The molecule has 206 valence electrons. The van der Waals surface area contributed by atoms with E-state index in [2.05, 4.69) is 42.0 Å². The summed E-state index contributed by atoms with van der Waals surface area (Å²) in [5.74, 6) is 0.368. The molecule has 0 bridgehead atoms. The van der Waals surface area contributed by atoms with E-state index < -0.39 is 6.04 Å². The number of carbonyl (C=O) groups excluding carboxylic acids is 2. The molecular formula is C33H39BrN2O3. The number of nitrogens with one attached hydrogen (secondary N) is 1. The van der Waals surface area contributed by atoms with Gasteiger partial charge in [-0.15, -0.1) is 0 Å². The summed E-state index contributed by atoms with van der Waals surface area (Å²) in [7, 11) is 0. The van der Waals surface area contributed by atoms with Crippen molar-refractivity contribution < 1.29 is 14.3 Å². The summed E-state index contributed by atoms with van der Waals surface area (Å²) in [5, 5.41) is 3.25. The Morgan fingerprint density at radius 1 is 0.923 bits per heavy atom. The number of halogens is 1. The first-order valence-electron chi connectivity index (χ1n) is 13.8. The summed E-state index contributed by atoms with van der Waals surface area (Å²) >= 11 is 3.49. The van der Waals surface area contributed by atoms with Crippen molar-refractivity contribution in [3.05, 3.63) is 100 Å². The first-order chi connectivity index (χ1) is 18.7. The number of carbonyl (C=O) groups is 2. The van der Waals surface area contributed by atoms with Gasteiger partial charge >= 0.3 is 0 Å². The van der Waals surface area contributed by atoms with Crippen LogP contribution in [0.25, 0.3) is 0 Å². The maximum absolute atomic E-state index is 13.9. The highest BCUT2D eigenvalue weighted by atomic mass is 79.9. The largest absolute Gasteiger partial charge is 0.483 e. The molecule has 1 aliphatic carbocycles. The molecule has 1 atom stereocenters. The third-order valence-corrected chi connectivity index (χ3v) is 7.81. The Bertz CT molecular complexity index is 1230. The Hall–Kier alpha value is -3.12. The van der Waals surface area contributed by atoms with Gasteiger partial charge in [0.1, 0.15) is 11.8 Å². The van der Waals surface area contributed by atoms with Crippen LogP contribution in [0.4, 0.5) is 0 Å². The van der Waals surface area contributed by atoms with Gasteiger partial charge in [-0.05, 0) is 53.1 Å². The molecule has 0 spiro atoms. The number of rotatable bonds is 10.